The molecule has 22 heteroatoms. The van der Waals surface area contributed by atoms with Crippen molar-refractivity contribution in [3.63, 3.8) is 0 Å². The van der Waals surface area contributed by atoms with E-state index in [4.69, 9.17) is 5.73 Å². The minimum Gasteiger partial charge on any atom is -0.480 e. The molecule has 0 saturated carbocycles. The standard InChI is InChI=1S/C42H60N10O11S/c1-5-21(3)33(43)38(58)47-28-17-25-24-10-7-8-11-26(24)49-39(25)64-20-29(36(56)46-27(13-14-45-63)40(59)52-19-23(53)16-31(52)42(61)62)48-37(57)30-12-9-15-51(30)41(60)34(22(4)6-2)50-32(54)18-44-35(28)55/h7-8,10-11,21-23,27-31,33-34,49,53H,5-6,9,12-20,43H2,1-4H3,(H,44,55)(H,46,56)(H,47,58)(H,48,57)(H,50,54)(H,61,62)/t21-,22-,23+,27-,28-,29-,30+,31-,33-,34-/m0/s1. The lowest BCUT2D eigenvalue weighted by atomic mass is 9.97. The van der Waals surface area contributed by atoms with Crippen LogP contribution in [0, 0.1) is 16.7 Å². The summed E-state index contributed by atoms with van der Waals surface area (Å²) in [6, 6.07) is -1.52. The zero-order valence-electron chi connectivity index (χ0n) is 36.5. The van der Waals surface area contributed by atoms with Crippen molar-refractivity contribution in [3.8, 4) is 0 Å². The van der Waals surface area contributed by atoms with Crippen LogP contribution in [0.1, 0.15) is 71.8 Å². The largest absolute Gasteiger partial charge is 0.480 e. The highest BCUT2D eigenvalue weighted by Crippen LogP contribution is 2.32. The second-order valence-corrected chi connectivity index (χ2v) is 17.8. The Kier molecular flexibility index (Phi) is 17.2. The Morgan fingerprint density at radius 2 is 1.78 bits per heavy atom. The number of likely N-dealkylation sites (tertiary alicyclic amines) is 1. The molecule has 21 nitrogen and oxygen atoms in total. The van der Waals surface area contributed by atoms with Gasteiger partial charge >= 0.3 is 5.97 Å². The number of aliphatic carboxylic acids is 1. The van der Waals surface area contributed by atoms with Crippen molar-refractivity contribution in [1.29, 1.82) is 0 Å². The molecule has 2 aromatic rings. The molecule has 0 aliphatic carbocycles. The van der Waals surface area contributed by atoms with Gasteiger partial charge in [-0.15, -0.1) is 11.8 Å². The van der Waals surface area contributed by atoms with Gasteiger partial charge in [-0.1, -0.05) is 63.9 Å². The number of β-amino-alcohol motifs (C(OH)–C–C–N with tert-alkyl or cyclic N) is 1. The summed E-state index contributed by atoms with van der Waals surface area (Å²) < 4.78 is 0. The van der Waals surface area contributed by atoms with Crippen LogP contribution in [-0.4, -0.2) is 153 Å². The average Bonchev–Trinajstić information content (AvgIpc) is 4.03. The molecule has 64 heavy (non-hydrogen) atoms. The number of carbonyl (C=O) groups excluding carboxylic acids is 7. The van der Waals surface area contributed by atoms with E-state index in [1.165, 1.54) is 4.90 Å². The summed E-state index contributed by atoms with van der Waals surface area (Å²) in [6.07, 6.45) is -0.114. The number of nitrogens with two attached hydrogens (primary N) is 1. The van der Waals surface area contributed by atoms with Crippen LogP contribution in [0.4, 0.5) is 0 Å². The molecule has 1 aromatic carbocycles. The molecule has 0 spiro atoms. The van der Waals surface area contributed by atoms with Crippen LogP contribution < -0.4 is 32.3 Å². The molecule has 0 bridgehead atoms. The Labute approximate surface area is 374 Å². The van der Waals surface area contributed by atoms with Gasteiger partial charge in [0.2, 0.25) is 41.4 Å². The zero-order chi connectivity index (χ0) is 46.8. The van der Waals surface area contributed by atoms with Crippen LogP contribution in [0.2, 0.25) is 0 Å². The molecule has 0 unspecified atom stereocenters. The normalized spacial score (nSPS) is 25.6. The van der Waals surface area contributed by atoms with Crippen LogP contribution >= 0.6 is 11.8 Å². The molecule has 3 aliphatic rings. The van der Waals surface area contributed by atoms with Gasteiger partial charge in [0.1, 0.15) is 36.3 Å². The smallest absolute Gasteiger partial charge is 0.326 e. The number of aliphatic hydroxyl groups is 1. The molecule has 3 aliphatic heterocycles. The number of para-hydroxylation sites is 1. The Bertz CT molecular complexity index is 2080. The topological polar surface area (TPSA) is 315 Å². The van der Waals surface area contributed by atoms with Crippen molar-refractivity contribution in [2.45, 2.75) is 126 Å². The number of carbonyl (C=O) groups is 8. The number of nitroso groups, excluding NO2 is 1. The van der Waals surface area contributed by atoms with Crippen molar-refractivity contribution < 1.29 is 48.6 Å². The van der Waals surface area contributed by atoms with Crippen molar-refractivity contribution in [2.24, 2.45) is 22.7 Å². The first-order valence-electron chi connectivity index (χ1n) is 21.8. The van der Waals surface area contributed by atoms with Crippen molar-refractivity contribution in [2.75, 3.05) is 31.9 Å². The summed E-state index contributed by atoms with van der Waals surface area (Å²) in [6.45, 7) is 6.15. The van der Waals surface area contributed by atoms with Gasteiger partial charge in [0.25, 0.3) is 0 Å². The minimum absolute atomic E-state index is 0.116. The van der Waals surface area contributed by atoms with E-state index in [0.29, 0.717) is 40.8 Å². The minimum atomic E-state index is -1.48. The average molecular weight is 913 g/mol. The summed E-state index contributed by atoms with van der Waals surface area (Å²) in [5, 5.41) is 37.5. The number of rotatable bonds is 13. The quantitative estimate of drug-likeness (QED) is 0.115. The fourth-order valence-electron chi connectivity index (χ4n) is 8.20. The number of nitrogens with zero attached hydrogens (tertiary/aromatic N) is 3. The molecular formula is C42H60N10O11S. The Hall–Kier alpha value is -5.61. The van der Waals surface area contributed by atoms with E-state index in [1.807, 2.05) is 13.8 Å². The van der Waals surface area contributed by atoms with Crippen molar-refractivity contribution in [1.82, 2.24) is 41.4 Å². The lowest BCUT2D eigenvalue weighted by Crippen LogP contribution is -2.60. The maximum absolute atomic E-state index is 14.4. The summed E-state index contributed by atoms with van der Waals surface area (Å²) in [5.74, 6) is -7.15. The van der Waals surface area contributed by atoms with E-state index < -0.39 is 115 Å². The number of carboxylic acids is 1. The number of thioether (sulfide) groups is 1. The molecule has 4 heterocycles. The lowest BCUT2D eigenvalue weighted by Gasteiger charge is -2.32. The predicted molar refractivity (Wildman–Crippen MR) is 234 cm³/mol. The molecule has 0 radical (unpaired) electrons. The number of fused-ring (bicyclic) bond motifs is 4. The van der Waals surface area contributed by atoms with Gasteiger partial charge in [-0.2, -0.15) is 4.91 Å². The molecule has 7 amide bonds. The first-order valence-corrected chi connectivity index (χ1v) is 22.7. The van der Waals surface area contributed by atoms with Crippen LogP contribution in [0.15, 0.2) is 34.5 Å². The van der Waals surface area contributed by atoms with Crippen LogP contribution in [0.25, 0.3) is 10.9 Å². The Balaban J connectivity index is 1.56. The third-order valence-electron chi connectivity index (χ3n) is 12.4. The predicted octanol–water partition coefficient (Wildman–Crippen LogP) is -0.515. The van der Waals surface area contributed by atoms with Gasteiger partial charge in [-0.3, -0.25) is 33.6 Å². The number of aliphatic hydroxyl groups excluding tert-OH is 1. The Morgan fingerprint density at radius 3 is 2.47 bits per heavy atom. The number of benzene rings is 1. The monoisotopic (exact) mass is 912 g/mol. The number of aromatic amines is 1. The van der Waals surface area contributed by atoms with Crippen molar-refractivity contribution in [3.05, 3.63) is 34.7 Å². The fraction of sp³-hybridized carbons (Fsp3) is 0.619. The molecule has 10 atom stereocenters. The number of hydrogen-bond acceptors (Lipinski definition) is 13. The van der Waals surface area contributed by atoms with Gasteiger partial charge < -0.3 is 57.3 Å². The van der Waals surface area contributed by atoms with E-state index >= 15 is 0 Å². The fourth-order valence-corrected chi connectivity index (χ4v) is 9.31. The summed E-state index contributed by atoms with van der Waals surface area (Å²) in [4.78, 5) is 127. The third kappa shape index (κ3) is 11.7. The second kappa shape index (κ2) is 22.3. The molecule has 10 N–H and O–H groups in total. The van der Waals surface area contributed by atoms with E-state index in [1.54, 1.807) is 38.1 Å². The van der Waals surface area contributed by atoms with Gasteiger partial charge in [0.15, 0.2) is 0 Å². The molecule has 350 valence electrons. The number of aromatic nitrogens is 1. The lowest BCUT2D eigenvalue weighted by molar-refractivity contribution is -0.149. The van der Waals surface area contributed by atoms with E-state index in [-0.39, 0.29) is 50.4 Å². The number of hydrogen-bond donors (Lipinski definition) is 9. The first-order chi connectivity index (χ1) is 30.5. The molecule has 2 fully saturated rings. The number of amides is 7. The molecule has 1 aromatic heterocycles. The van der Waals surface area contributed by atoms with Gasteiger partial charge in [-0.25, -0.2) is 4.79 Å². The van der Waals surface area contributed by atoms with Gasteiger partial charge in [0, 0.05) is 42.6 Å². The second-order valence-electron chi connectivity index (χ2n) is 16.8. The maximum atomic E-state index is 14.4. The first kappa shape index (κ1) is 49.4. The zero-order valence-corrected chi connectivity index (χ0v) is 37.3. The van der Waals surface area contributed by atoms with Crippen LogP contribution in [-0.2, 0) is 44.8 Å². The van der Waals surface area contributed by atoms with Crippen LogP contribution in [0.5, 0.6) is 0 Å². The Morgan fingerprint density at radius 1 is 1.05 bits per heavy atom. The van der Waals surface area contributed by atoms with E-state index in [2.05, 4.69) is 36.7 Å². The SMILES string of the molecule is CC[C@H](C)[C@H](N)C(=O)N[C@H]1Cc2c([nH]c3ccccc23)SC[C@@H](C(=O)N[C@@H](CCN=O)C(=O)N2C[C@H](O)C[C@H]2C(=O)O)NC(=O)[C@H]2CCCN2C(=O)[C@H]([C@@H](C)CC)NC(=O)CNC1=O. The van der Waals surface area contributed by atoms with Gasteiger partial charge in [-0.05, 0) is 42.7 Å². The van der Waals surface area contributed by atoms with E-state index in [9.17, 15) is 53.5 Å². The summed E-state index contributed by atoms with van der Waals surface area (Å²) >= 11 is 1.09. The highest BCUT2D eigenvalue weighted by molar-refractivity contribution is 7.99. The van der Waals surface area contributed by atoms with Gasteiger partial charge in [0.05, 0.1) is 30.3 Å². The van der Waals surface area contributed by atoms with Crippen LogP contribution in [0.3, 0.4) is 0 Å². The molecule has 5 rings (SSSR count). The maximum Gasteiger partial charge on any atom is 0.326 e. The number of carboxylic acid groups (broad SMARTS) is 1. The number of nitrogens with one attached hydrogen (secondary N) is 6. The van der Waals surface area contributed by atoms with Crippen molar-refractivity contribution >= 4 is 70.0 Å². The third-order valence-corrected chi connectivity index (χ3v) is 13.6. The molecule has 2 saturated heterocycles. The van der Waals surface area contributed by atoms with E-state index in [0.717, 1.165) is 16.7 Å². The highest BCUT2D eigenvalue weighted by atomic mass is 32.2. The summed E-state index contributed by atoms with van der Waals surface area (Å²) in [7, 11) is 0. The molecular weight excluding hydrogens is 853 g/mol. The highest BCUT2D eigenvalue weighted by Gasteiger charge is 2.44. The number of H-pyrrole nitrogens is 1. The summed E-state index contributed by atoms with van der Waals surface area (Å²) in [5.41, 5.74) is 7.48.